The van der Waals surface area contributed by atoms with Gasteiger partial charge in [0.15, 0.2) is 5.78 Å². The minimum Gasteiger partial charge on any atom is -0.466 e. The molecule has 0 aromatic heterocycles. The minimum atomic E-state index is -0.624. The molecule has 2 N–H and O–H groups in total. The van der Waals surface area contributed by atoms with E-state index in [9.17, 15) is 14.4 Å². The van der Waals surface area contributed by atoms with Crippen molar-refractivity contribution in [3.05, 3.63) is 41.1 Å². The predicted molar refractivity (Wildman–Crippen MR) is 82.8 cm³/mol. The summed E-state index contributed by atoms with van der Waals surface area (Å²) in [5, 5.41) is 11.9. The van der Waals surface area contributed by atoms with Crippen LogP contribution in [0.1, 0.15) is 17.3 Å². The molecule has 7 heteroatoms. The summed E-state index contributed by atoms with van der Waals surface area (Å²) in [6, 6.07) is 6.72. The van der Waals surface area contributed by atoms with E-state index in [-0.39, 0.29) is 36.7 Å². The van der Waals surface area contributed by atoms with Gasteiger partial charge in [0, 0.05) is 17.8 Å². The molecule has 0 bridgehead atoms. The number of amides is 1. The number of ether oxygens (including phenoxy) is 1. The van der Waals surface area contributed by atoms with E-state index in [0.29, 0.717) is 11.3 Å². The maximum atomic E-state index is 12.4. The Morgan fingerprint density at radius 2 is 2.04 bits per heavy atom. The maximum Gasteiger partial charge on any atom is 0.337 e. The molecule has 0 spiro atoms. The fraction of sp³-hybridized carbons (Fsp3) is 0.312. The number of hydrogen-bond donors (Lipinski definition) is 2. The molecule has 0 radical (unpaired) electrons. The lowest BCUT2D eigenvalue weighted by Gasteiger charge is -2.15. The smallest absolute Gasteiger partial charge is 0.337 e. The van der Waals surface area contributed by atoms with Gasteiger partial charge in [0.2, 0.25) is 0 Å². The first-order valence-corrected chi connectivity index (χ1v) is 7.08. The van der Waals surface area contributed by atoms with E-state index in [1.54, 1.807) is 24.3 Å². The van der Waals surface area contributed by atoms with Crippen LogP contribution in [0.2, 0.25) is 0 Å². The molecular formula is C16H18N2O5. The van der Waals surface area contributed by atoms with Gasteiger partial charge in [-0.2, -0.15) is 0 Å². The summed E-state index contributed by atoms with van der Waals surface area (Å²) in [6.45, 7) is 1.37. The Balaban J connectivity index is 2.39. The Bertz CT molecular complexity index is 681. The summed E-state index contributed by atoms with van der Waals surface area (Å²) < 4.78 is 4.71. The van der Waals surface area contributed by atoms with E-state index in [1.165, 1.54) is 18.9 Å². The molecular weight excluding hydrogens is 300 g/mol. The lowest BCUT2D eigenvalue weighted by Crippen LogP contribution is -2.31. The summed E-state index contributed by atoms with van der Waals surface area (Å²) >= 11 is 0. The first-order chi connectivity index (χ1) is 11.0. The lowest BCUT2D eigenvalue weighted by molar-refractivity contribution is -0.136. The monoisotopic (exact) mass is 318 g/mol. The number of β-amino-alcohol motifs (C(OH)–C–C–N with tert-alkyl or cyclic N) is 1. The lowest BCUT2D eigenvalue weighted by atomic mass is 10.1. The third-order valence-corrected chi connectivity index (χ3v) is 3.52. The molecule has 1 aromatic carbocycles. The van der Waals surface area contributed by atoms with Crippen molar-refractivity contribution in [2.24, 2.45) is 0 Å². The number of hydrogen-bond acceptors (Lipinski definition) is 6. The average molecular weight is 318 g/mol. The van der Waals surface area contributed by atoms with Crippen molar-refractivity contribution in [3.63, 3.8) is 0 Å². The van der Waals surface area contributed by atoms with E-state index in [0.717, 1.165) is 0 Å². The summed E-state index contributed by atoms with van der Waals surface area (Å²) in [5.41, 5.74) is 1.09. The zero-order valence-electron chi connectivity index (χ0n) is 13.0. The summed E-state index contributed by atoms with van der Waals surface area (Å²) in [4.78, 5) is 37.3. The molecule has 0 unspecified atom stereocenters. The number of nitrogens with one attached hydrogen (secondary N) is 1. The number of aliphatic hydroxyl groups excluding tert-OH is 1. The largest absolute Gasteiger partial charge is 0.466 e. The second-order valence-electron chi connectivity index (χ2n) is 5.02. The molecule has 1 amide bonds. The Morgan fingerprint density at radius 3 is 2.65 bits per heavy atom. The van der Waals surface area contributed by atoms with Crippen LogP contribution < -0.4 is 5.32 Å². The van der Waals surface area contributed by atoms with Crippen LogP contribution in [0.3, 0.4) is 0 Å². The van der Waals surface area contributed by atoms with E-state index >= 15 is 0 Å². The maximum absolute atomic E-state index is 12.4. The second-order valence-corrected chi connectivity index (χ2v) is 5.02. The average Bonchev–Trinajstić information content (AvgIpc) is 2.84. The molecule has 1 aliphatic rings. The van der Waals surface area contributed by atoms with Crippen molar-refractivity contribution in [3.8, 4) is 0 Å². The fourth-order valence-electron chi connectivity index (χ4n) is 2.38. The van der Waals surface area contributed by atoms with Crippen LogP contribution in [0.15, 0.2) is 35.5 Å². The molecule has 1 aromatic rings. The van der Waals surface area contributed by atoms with Gasteiger partial charge in [-0.1, -0.05) is 12.1 Å². The van der Waals surface area contributed by atoms with Gasteiger partial charge in [-0.05, 0) is 19.1 Å². The Morgan fingerprint density at radius 1 is 1.35 bits per heavy atom. The van der Waals surface area contributed by atoms with E-state index in [4.69, 9.17) is 9.84 Å². The number of para-hydroxylation sites is 1. The first kappa shape index (κ1) is 16.7. The van der Waals surface area contributed by atoms with E-state index < -0.39 is 11.9 Å². The zero-order chi connectivity index (χ0) is 17.0. The number of methoxy groups -OCH3 is 1. The molecule has 122 valence electrons. The fourth-order valence-corrected chi connectivity index (χ4v) is 2.38. The second kappa shape index (κ2) is 7.06. The Hall–Kier alpha value is -2.67. The van der Waals surface area contributed by atoms with E-state index in [2.05, 4.69) is 5.32 Å². The van der Waals surface area contributed by atoms with Crippen LogP contribution in [0.25, 0.3) is 0 Å². The molecule has 7 nitrogen and oxygen atoms in total. The number of carbonyl (C=O) groups excluding carboxylic acids is 3. The van der Waals surface area contributed by atoms with Crippen LogP contribution in [-0.4, -0.2) is 54.5 Å². The minimum absolute atomic E-state index is 0.0522. The van der Waals surface area contributed by atoms with Crippen LogP contribution in [-0.2, 0) is 14.3 Å². The highest BCUT2D eigenvalue weighted by Gasteiger charge is 2.34. The quantitative estimate of drug-likeness (QED) is 0.588. The topological polar surface area (TPSA) is 95.9 Å². The first-order valence-electron chi connectivity index (χ1n) is 7.08. The summed E-state index contributed by atoms with van der Waals surface area (Å²) in [7, 11) is 1.23. The van der Waals surface area contributed by atoms with Gasteiger partial charge in [-0.3, -0.25) is 9.59 Å². The Labute approximate surface area is 133 Å². The van der Waals surface area contributed by atoms with Crippen LogP contribution in [0.5, 0.6) is 0 Å². The number of ketones is 1. The van der Waals surface area contributed by atoms with Gasteiger partial charge in [0.1, 0.15) is 5.70 Å². The van der Waals surface area contributed by atoms with Crippen LogP contribution in [0.4, 0.5) is 5.69 Å². The van der Waals surface area contributed by atoms with Gasteiger partial charge in [-0.15, -0.1) is 0 Å². The number of benzene rings is 1. The summed E-state index contributed by atoms with van der Waals surface area (Å²) in [5.74, 6) is -1.20. The number of Topliss-reactive ketones (excluding diaryl/α,β-unsaturated/α-hetero) is 1. The predicted octanol–water partition coefficient (Wildman–Crippen LogP) is 0.563. The molecule has 0 saturated heterocycles. The zero-order valence-corrected chi connectivity index (χ0v) is 13.0. The Kier molecular flexibility index (Phi) is 5.13. The van der Waals surface area contributed by atoms with Crippen molar-refractivity contribution in [2.45, 2.75) is 6.92 Å². The number of esters is 1. The summed E-state index contributed by atoms with van der Waals surface area (Å²) in [6.07, 6.45) is 0. The number of carbonyl (C=O) groups is 3. The standard InChI is InChI=1S/C16H18N2O5/c1-10(20)11-5-3-4-6-13(11)17-14-12(16(22)23-2)9-18(7-8-19)15(14)21/h3-6,17,19H,7-9H2,1-2H3. The third-order valence-electron chi connectivity index (χ3n) is 3.52. The highest BCUT2D eigenvalue weighted by molar-refractivity contribution is 6.09. The normalized spacial score (nSPS) is 14.2. The third kappa shape index (κ3) is 3.40. The van der Waals surface area contributed by atoms with Crippen LogP contribution >= 0.6 is 0 Å². The van der Waals surface area contributed by atoms with Crippen molar-refractivity contribution in [1.82, 2.24) is 4.90 Å². The molecule has 0 aliphatic carbocycles. The van der Waals surface area contributed by atoms with Crippen molar-refractivity contribution >= 4 is 23.3 Å². The molecule has 23 heavy (non-hydrogen) atoms. The SMILES string of the molecule is COC(=O)C1=C(Nc2ccccc2C(C)=O)C(=O)N(CCO)C1. The molecule has 1 aliphatic heterocycles. The van der Waals surface area contributed by atoms with Crippen molar-refractivity contribution < 1.29 is 24.2 Å². The van der Waals surface area contributed by atoms with Crippen molar-refractivity contribution in [2.75, 3.05) is 32.1 Å². The highest BCUT2D eigenvalue weighted by atomic mass is 16.5. The molecule has 0 atom stereocenters. The van der Waals surface area contributed by atoms with Gasteiger partial charge in [0.25, 0.3) is 5.91 Å². The highest BCUT2D eigenvalue weighted by Crippen LogP contribution is 2.24. The number of rotatable bonds is 6. The van der Waals surface area contributed by atoms with Gasteiger partial charge in [-0.25, -0.2) is 4.79 Å². The van der Waals surface area contributed by atoms with Gasteiger partial charge >= 0.3 is 5.97 Å². The van der Waals surface area contributed by atoms with E-state index in [1.807, 2.05) is 0 Å². The van der Waals surface area contributed by atoms with Crippen molar-refractivity contribution in [1.29, 1.82) is 0 Å². The number of anilines is 1. The molecule has 0 saturated carbocycles. The molecule has 0 fully saturated rings. The number of nitrogens with zero attached hydrogens (tertiary/aromatic N) is 1. The van der Waals surface area contributed by atoms with Gasteiger partial charge < -0.3 is 20.1 Å². The molecule has 1 heterocycles. The molecule has 2 rings (SSSR count). The number of aliphatic hydroxyl groups is 1. The van der Waals surface area contributed by atoms with Gasteiger partial charge in [0.05, 0.1) is 25.8 Å². The van der Waals surface area contributed by atoms with Crippen LogP contribution in [0, 0.1) is 0 Å².